The van der Waals surface area contributed by atoms with Crippen molar-refractivity contribution >= 4 is 12.7 Å². The highest BCUT2D eigenvalue weighted by Gasteiger charge is 2.53. The summed E-state index contributed by atoms with van der Waals surface area (Å²) in [6.07, 6.45) is 2.67. The molecule has 0 N–H and O–H groups in total. The van der Waals surface area contributed by atoms with Crippen LogP contribution in [-0.2, 0) is 14.0 Å². The highest BCUT2D eigenvalue weighted by Crippen LogP contribution is 2.36. The maximum Gasteiger partial charge on any atom is 0.514 e. The number of rotatable bonds is 2. The lowest BCUT2D eigenvalue weighted by molar-refractivity contribution is -0.0387. The van der Waals surface area contributed by atoms with Gasteiger partial charge < -0.3 is 14.0 Å². The molecular weight excluding hydrogens is 274 g/mol. The van der Waals surface area contributed by atoms with Crippen molar-refractivity contribution in [2.75, 3.05) is 6.61 Å². The molecule has 0 amide bonds. The van der Waals surface area contributed by atoms with E-state index in [9.17, 15) is 4.39 Å². The van der Waals surface area contributed by atoms with Crippen molar-refractivity contribution in [3.05, 3.63) is 12.0 Å². The van der Waals surface area contributed by atoms with Gasteiger partial charge in [-0.15, -0.1) is 5.10 Å². The standard InChI is InChI=1S/C14H22BFN2O3/c1-13(2)14(3,4)21-15(20-13)10-9-11(16)17-18(10)12-7-5-6-8-19-12/h9,12H,5-8H2,1-4H3. The van der Waals surface area contributed by atoms with Gasteiger partial charge in [0.2, 0.25) is 5.95 Å². The first-order chi connectivity index (χ1) is 9.80. The Morgan fingerprint density at radius 3 is 2.48 bits per heavy atom. The molecule has 1 unspecified atom stereocenters. The van der Waals surface area contributed by atoms with Crippen LogP contribution in [0.2, 0.25) is 0 Å². The van der Waals surface area contributed by atoms with Gasteiger partial charge in [-0.05, 0) is 47.0 Å². The quantitative estimate of drug-likeness (QED) is 0.783. The summed E-state index contributed by atoms with van der Waals surface area (Å²) in [7, 11) is -0.627. The SMILES string of the molecule is CC1(C)OB(c2cc(F)nn2C2CCCCO2)OC1(C)C. The van der Waals surface area contributed by atoms with Gasteiger partial charge in [0.05, 0.1) is 16.8 Å². The van der Waals surface area contributed by atoms with Crippen LogP contribution in [0.4, 0.5) is 4.39 Å². The van der Waals surface area contributed by atoms with Gasteiger partial charge in [0.25, 0.3) is 0 Å². The Labute approximate surface area is 124 Å². The summed E-state index contributed by atoms with van der Waals surface area (Å²) in [6, 6.07) is 1.38. The first-order valence-electron chi connectivity index (χ1n) is 7.52. The highest BCUT2D eigenvalue weighted by molar-refractivity contribution is 6.61. The Kier molecular flexibility index (Phi) is 3.62. The van der Waals surface area contributed by atoms with E-state index in [0.717, 1.165) is 19.3 Å². The molecule has 5 nitrogen and oxygen atoms in total. The minimum Gasteiger partial charge on any atom is -0.398 e. The van der Waals surface area contributed by atoms with E-state index in [0.29, 0.717) is 12.2 Å². The second kappa shape index (κ2) is 5.07. The third-order valence-electron chi connectivity index (χ3n) is 4.66. The van der Waals surface area contributed by atoms with Crippen molar-refractivity contribution in [3.8, 4) is 0 Å². The fourth-order valence-electron chi connectivity index (χ4n) is 2.66. The van der Waals surface area contributed by atoms with Gasteiger partial charge in [-0.25, -0.2) is 4.68 Å². The van der Waals surface area contributed by atoms with Crippen molar-refractivity contribution in [2.24, 2.45) is 0 Å². The molecule has 2 fully saturated rings. The van der Waals surface area contributed by atoms with Crippen LogP contribution in [0.25, 0.3) is 0 Å². The summed E-state index contributed by atoms with van der Waals surface area (Å²) in [5.74, 6) is -0.533. The lowest BCUT2D eigenvalue weighted by Crippen LogP contribution is -2.42. The molecule has 21 heavy (non-hydrogen) atoms. The van der Waals surface area contributed by atoms with Crippen molar-refractivity contribution in [3.63, 3.8) is 0 Å². The molecule has 0 radical (unpaired) electrons. The number of aromatic nitrogens is 2. The Hall–Kier alpha value is -0.915. The molecule has 0 saturated carbocycles. The minimum atomic E-state index is -0.627. The van der Waals surface area contributed by atoms with Gasteiger partial charge in [-0.2, -0.15) is 4.39 Å². The van der Waals surface area contributed by atoms with Crippen LogP contribution in [-0.4, -0.2) is 34.7 Å². The topological polar surface area (TPSA) is 45.5 Å². The van der Waals surface area contributed by atoms with Gasteiger partial charge in [-0.1, -0.05) is 0 Å². The zero-order valence-corrected chi connectivity index (χ0v) is 13.1. The second-order valence-electron chi connectivity index (χ2n) is 6.75. The number of hydrogen-bond donors (Lipinski definition) is 0. The van der Waals surface area contributed by atoms with Crippen molar-refractivity contribution in [1.29, 1.82) is 0 Å². The highest BCUT2D eigenvalue weighted by atomic mass is 19.1. The Bertz CT molecular complexity index is 510. The van der Waals surface area contributed by atoms with Crippen molar-refractivity contribution in [1.82, 2.24) is 9.78 Å². The molecule has 1 aromatic rings. The van der Waals surface area contributed by atoms with Crippen LogP contribution in [0.3, 0.4) is 0 Å². The normalized spacial score (nSPS) is 28.0. The van der Waals surface area contributed by atoms with Crippen LogP contribution < -0.4 is 5.59 Å². The Morgan fingerprint density at radius 2 is 1.90 bits per heavy atom. The molecule has 0 aliphatic carbocycles. The monoisotopic (exact) mass is 296 g/mol. The number of halogens is 1. The molecule has 3 heterocycles. The molecule has 3 rings (SSSR count). The van der Waals surface area contributed by atoms with Crippen LogP contribution in [0, 0.1) is 5.95 Å². The summed E-state index contributed by atoms with van der Waals surface area (Å²) in [6.45, 7) is 8.57. The Balaban J connectivity index is 1.89. The van der Waals surface area contributed by atoms with Crippen LogP contribution >= 0.6 is 0 Å². The average molecular weight is 296 g/mol. The molecular formula is C14H22BFN2O3. The first-order valence-corrected chi connectivity index (χ1v) is 7.52. The lowest BCUT2D eigenvalue weighted by atomic mass is 9.84. The van der Waals surface area contributed by atoms with E-state index in [1.54, 1.807) is 4.68 Å². The second-order valence-corrected chi connectivity index (χ2v) is 6.75. The molecule has 2 saturated heterocycles. The first kappa shape index (κ1) is 15.0. The largest absolute Gasteiger partial charge is 0.514 e. The van der Waals surface area contributed by atoms with Crippen LogP contribution in [0.5, 0.6) is 0 Å². The van der Waals surface area contributed by atoms with Crippen LogP contribution in [0.15, 0.2) is 6.07 Å². The molecule has 116 valence electrons. The summed E-state index contributed by atoms with van der Waals surface area (Å²) in [5, 5.41) is 3.94. The van der Waals surface area contributed by atoms with E-state index in [4.69, 9.17) is 14.0 Å². The van der Waals surface area contributed by atoms with Gasteiger partial charge in [0, 0.05) is 12.7 Å². The smallest absolute Gasteiger partial charge is 0.398 e. The molecule has 2 aliphatic rings. The van der Waals surface area contributed by atoms with E-state index >= 15 is 0 Å². The van der Waals surface area contributed by atoms with Gasteiger partial charge in [0.1, 0.15) is 6.23 Å². The molecule has 2 aliphatic heterocycles. The van der Waals surface area contributed by atoms with Crippen molar-refractivity contribution in [2.45, 2.75) is 64.4 Å². The van der Waals surface area contributed by atoms with E-state index in [-0.39, 0.29) is 6.23 Å². The predicted molar refractivity (Wildman–Crippen MR) is 76.7 cm³/mol. The predicted octanol–water partition coefficient (Wildman–Crippen LogP) is 2.02. The fraction of sp³-hybridized carbons (Fsp3) is 0.786. The van der Waals surface area contributed by atoms with Gasteiger partial charge >= 0.3 is 7.12 Å². The summed E-state index contributed by atoms with van der Waals surface area (Å²) >= 11 is 0. The number of nitrogens with zero attached hydrogens (tertiary/aromatic N) is 2. The fourth-order valence-corrected chi connectivity index (χ4v) is 2.66. The average Bonchev–Trinajstić information content (AvgIpc) is 2.89. The summed E-state index contributed by atoms with van der Waals surface area (Å²) in [4.78, 5) is 0. The third kappa shape index (κ3) is 2.62. The maximum absolute atomic E-state index is 13.7. The minimum absolute atomic E-state index is 0.239. The maximum atomic E-state index is 13.7. The Morgan fingerprint density at radius 1 is 1.24 bits per heavy atom. The zero-order chi connectivity index (χ0) is 15.3. The van der Waals surface area contributed by atoms with E-state index < -0.39 is 24.3 Å². The zero-order valence-electron chi connectivity index (χ0n) is 13.1. The molecule has 0 aromatic carbocycles. The lowest BCUT2D eigenvalue weighted by Gasteiger charge is -2.32. The van der Waals surface area contributed by atoms with Gasteiger partial charge in [-0.3, -0.25) is 0 Å². The number of hydrogen-bond acceptors (Lipinski definition) is 4. The van der Waals surface area contributed by atoms with Crippen molar-refractivity contribution < 1.29 is 18.4 Å². The molecule has 0 bridgehead atoms. The molecule has 1 aromatic heterocycles. The summed E-state index contributed by atoms with van der Waals surface area (Å²) in [5.41, 5.74) is -0.342. The van der Waals surface area contributed by atoms with E-state index in [1.165, 1.54) is 6.07 Å². The molecule has 7 heteroatoms. The van der Waals surface area contributed by atoms with E-state index in [1.807, 2.05) is 27.7 Å². The third-order valence-corrected chi connectivity index (χ3v) is 4.66. The number of ether oxygens (including phenoxy) is 1. The molecule has 0 spiro atoms. The van der Waals surface area contributed by atoms with Gasteiger partial charge in [0.15, 0.2) is 0 Å². The van der Waals surface area contributed by atoms with E-state index in [2.05, 4.69) is 5.10 Å². The van der Waals surface area contributed by atoms with Crippen LogP contribution in [0.1, 0.15) is 53.2 Å². The summed E-state index contributed by atoms with van der Waals surface area (Å²) < 4.78 is 32.9. The molecule has 1 atom stereocenters.